The molecule has 5 nitrogen and oxygen atoms in total. The molecule has 0 radical (unpaired) electrons. The van der Waals surface area contributed by atoms with E-state index in [9.17, 15) is 4.79 Å². The maximum atomic E-state index is 12.8. The van der Waals surface area contributed by atoms with Crippen molar-refractivity contribution < 1.29 is 14.3 Å². The van der Waals surface area contributed by atoms with Crippen molar-refractivity contribution >= 4 is 11.6 Å². The van der Waals surface area contributed by atoms with E-state index in [1.165, 1.54) is 0 Å². The van der Waals surface area contributed by atoms with Crippen LogP contribution in [0.25, 0.3) is 0 Å². The number of amides is 1. The third-order valence-corrected chi connectivity index (χ3v) is 5.46. The standard InChI is InChI=1S/C22H26N2O3/c1-26-21-10-6-5-9-20(21)23-11-13-24(14-12-23)22(25)19-15-17(19)16-27-18-7-3-2-4-8-18/h2-10,17,19H,11-16H2,1H3. The lowest BCUT2D eigenvalue weighted by molar-refractivity contribution is -0.133. The Balaban J connectivity index is 1.26. The average molecular weight is 366 g/mol. The summed E-state index contributed by atoms with van der Waals surface area (Å²) in [6.07, 6.45) is 0.943. The number of carbonyl (C=O) groups excluding carboxylic acids is 1. The molecule has 5 heteroatoms. The van der Waals surface area contributed by atoms with Crippen LogP contribution < -0.4 is 14.4 Å². The van der Waals surface area contributed by atoms with Crippen LogP contribution in [0.1, 0.15) is 6.42 Å². The molecule has 27 heavy (non-hydrogen) atoms. The summed E-state index contributed by atoms with van der Waals surface area (Å²) in [5.41, 5.74) is 1.10. The van der Waals surface area contributed by atoms with Crippen molar-refractivity contribution in [2.75, 3.05) is 44.8 Å². The molecular weight excluding hydrogens is 340 g/mol. The number of piperazine rings is 1. The molecule has 2 aliphatic rings. The molecule has 0 aromatic heterocycles. The Labute approximate surface area is 160 Å². The Morgan fingerprint density at radius 1 is 1.00 bits per heavy atom. The number of carbonyl (C=O) groups is 1. The van der Waals surface area contributed by atoms with Crippen molar-refractivity contribution in [1.82, 2.24) is 4.90 Å². The average Bonchev–Trinajstić information content (AvgIpc) is 3.52. The van der Waals surface area contributed by atoms with Crippen molar-refractivity contribution in [3.63, 3.8) is 0 Å². The highest BCUT2D eigenvalue weighted by Crippen LogP contribution is 2.40. The molecule has 1 heterocycles. The first-order valence-corrected chi connectivity index (χ1v) is 9.61. The molecule has 0 N–H and O–H groups in total. The highest BCUT2D eigenvalue weighted by molar-refractivity contribution is 5.82. The van der Waals surface area contributed by atoms with E-state index in [4.69, 9.17) is 9.47 Å². The van der Waals surface area contributed by atoms with Crippen LogP contribution in [0.4, 0.5) is 5.69 Å². The first-order valence-electron chi connectivity index (χ1n) is 9.61. The van der Waals surface area contributed by atoms with Gasteiger partial charge in [-0.2, -0.15) is 0 Å². The molecule has 2 fully saturated rings. The van der Waals surface area contributed by atoms with Crippen molar-refractivity contribution in [2.24, 2.45) is 11.8 Å². The van der Waals surface area contributed by atoms with Crippen molar-refractivity contribution in [1.29, 1.82) is 0 Å². The molecule has 2 unspecified atom stereocenters. The zero-order valence-corrected chi connectivity index (χ0v) is 15.7. The van der Waals surface area contributed by atoms with Gasteiger partial charge in [-0.1, -0.05) is 30.3 Å². The summed E-state index contributed by atoms with van der Waals surface area (Å²) in [6, 6.07) is 17.9. The van der Waals surface area contributed by atoms with E-state index in [0.717, 1.165) is 49.8 Å². The number of para-hydroxylation sites is 3. The van der Waals surface area contributed by atoms with Crippen LogP contribution in [0.2, 0.25) is 0 Å². The monoisotopic (exact) mass is 366 g/mol. The molecule has 142 valence electrons. The van der Waals surface area contributed by atoms with Crippen molar-refractivity contribution in [2.45, 2.75) is 6.42 Å². The number of rotatable bonds is 6. The minimum absolute atomic E-state index is 0.131. The molecule has 1 aliphatic carbocycles. The fourth-order valence-electron chi connectivity index (χ4n) is 3.75. The zero-order valence-electron chi connectivity index (χ0n) is 15.7. The Hall–Kier alpha value is -2.69. The SMILES string of the molecule is COc1ccccc1N1CCN(C(=O)C2CC2COc2ccccc2)CC1. The van der Waals surface area contributed by atoms with E-state index in [0.29, 0.717) is 12.5 Å². The van der Waals surface area contributed by atoms with Gasteiger partial charge in [-0.15, -0.1) is 0 Å². The quantitative estimate of drug-likeness (QED) is 0.788. The van der Waals surface area contributed by atoms with Crippen molar-refractivity contribution in [3.05, 3.63) is 54.6 Å². The van der Waals surface area contributed by atoms with Gasteiger partial charge >= 0.3 is 0 Å². The first kappa shape index (κ1) is 17.7. The number of ether oxygens (including phenoxy) is 2. The third-order valence-electron chi connectivity index (χ3n) is 5.46. The summed E-state index contributed by atoms with van der Waals surface area (Å²) in [7, 11) is 1.70. The van der Waals surface area contributed by atoms with Gasteiger partial charge in [0.05, 0.1) is 19.4 Å². The zero-order chi connectivity index (χ0) is 18.6. The highest BCUT2D eigenvalue weighted by atomic mass is 16.5. The van der Waals surface area contributed by atoms with Gasteiger partial charge < -0.3 is 19.3 Å². The molecule has 1 saturated carbocycles. The van der Waals surface area contributed by atoms with E-state index >= 15 is 0 Å². The minimum atomic E-state index is 0.131. The summed E-state index contributed by atoms with van der Waals surface area (Å²) in [4.78, 5) is 17.1. The van der Waals surface area contributed by atoms with Gasteiger partial charge in [-0.05, 0) is 30.7 Å². The van der Waals surface area contributed by atoms with Gasteiger partial charge in [0.25, 0.3) is 0 Å². The molecule has 0 bridgehead atoms. The molecule has 1 amide bonds. The Morgan fingerprint density at radius 3 is 2.44 bits per heavy atom. The van der Waals surface area contributed by atoms with Gasteiger partial charge in [0.2, 0.25) is 5.91 Å². The Morgan fingerprint density at radius 2 is 1.70 bits per heavy atom. The lowest BCUT2D eigenvalue weighted by Crippen LogP contribution is -2.49. The van der Waals surface area contributed by atoms with Crippen molar-refractivity contribution in [3.8, 4) is 11.5 Å². The van der Waals surface area contributed by atoms with Crippen LogP contribution >= 0.6 is 0 Å². The predicted octanol–water partition coefficient (Wildman–Crippen LogP) is 3.06. The minimum Gasteiger partial charge on any atom is -0.495 e. The molecule has 2 atom stereocenters. The van der Waals surface area contributed by atoms with E-state index in [1.807, 2.05) is 53.4 Å². The van der Waals surface area contributed by atoms with Gasteiger partial charge in [-0.3, -0.25) is 4.79 Å². The van der Waals surface area contributed by atoms with E-state index in [2.05, 4.69) is 11.0 Å². The lowest BCUT2D eigenvalue weighted by atomic mass is 10.2. The largest absolute Gasteiger partial charge is 0.495 e. The van der Waals surface area contributed by atoms with Crippen LogP contribution in [0.5, 0.6) is 11.5 Å². The van der Waals surface area contributed by atoms with Crippen LogP contribution in [-0.2, 0) is 4.79 Å². The number of nitrogens with zero attached hydrogens (tertiary/aromatic N) is 2. The van der Waals surface area contributed by atoms with Crippen LogP contribution in [0, 0.1) is 11.8 Å². The number of anilines is 1. The summed E-state index contributed by atoms with van der Waals surface area (Å²) >= 11 is 0. The van der Waals surface area contributed by atoms with Crippen LogP contribution in [0.3, 0.4) is 0 Å². The third kappa shape index (κ3) is 4.02. The fourth-order valence-corrected chi connectivity index (χ4v) is 3.75. The normalized spacial score (nSPS) is 21.7. The predicted molar refractivity (Wildman–Crippen MR) is 105 cm³/mol. The van der Waals surface area contributed by atoms with Crippen LogP contribution in [0.15, 0.2) is 54.6 Å². The topological polar surface area (TPSA) is 42.0 Å². The van der Waals surface area contributed by atoms with Crippen LogP contribution in [-0.4, -0.2) is 50.7 Å². The maximum Gasteiger partial charge on any atom is 0.226 e. The number of methoxy groups -OCH3 is 1. The Kier molecular flexibility index (Phi) is 5.19. The second-order valence-corrected chi connectivity index (χ2v) is 7.21. The fraction of sp³-hybridized carbons (Fsp3) is 0.409. The number of benzene rings is 2. The second-order valence-electron chi connectivity index (χ2n) is 7.21. The summed E-state index contributed by atoms with van der Waals surface area (Å²) in [5.74, 6) is 2.53. The van der Waals surface area contributed by atoms with E-state index in [-0.39, 0.29) is 11.8 Å². The summed E-state index contributed by atoms with van der Waals surface area (Å²) < 4.78 is 11.3. The molecule has 1 aliphatic heterocycles. The number of hydrogen-bond donors (Lipinski definition) is 0. The Bertz CT molecular complexity index is 772. The summed E-state index contributed by atoms with van der Waals surface area (Å²) in [6.45, 7) is 3.83. The van der Waals surface area contributed by atoms with E-state index in [1.54, 1.807) is 7.11 Å². The molecule has 4 rings (SSSR count). The molecule has 1 saturated heterocycles. The molecule has 2 aromatic rings. The van der Waals surface area contributed by atoms with Gasteiger partial charge in [0.1, 0.15) is 11.5 Å². The highest BCUT2D eigenvalue weighted by Gasteiger charge is 2.45. The van der Waals surface area contributed by atoms with E-state index < -0.39 is 0 Å². The van der Waals surface area contributed by atoms with Gasteiger partial charge in [0, 0.05) is 38.0 Å². The second kappa shape index (κ2) is 7.91. The van der Waals surface area contributed by atoms with Gasteiger partial charge in [0.15, 0.2) is 0 Å². The first-order chi connectivity index (χ1) is 13.3. The summed E-state index contributed by atoms with van der Waals surface area (Å²) in [5, 5.41) is 0. The molecular formula is C22H26N2O3. The number of hydrogen-bond acceptors (Lipinski definition) is 4. The van der Waals surface area contributed by atoms with Gasteiger partial charge in [-0.25, -0.2) is 0 Å². The smallest absolute Gasteiger partial charge is 0.226 e. The lowest BCUT2D eigenvalue weighted by Gasteiger charge is -2.36. The molecule has 2 aromatic carbocycles. The maximum absolute atomic E-state index is 12.8. The molecule has 0 spiro atoms.